The van der Waals surface area contributed by atoms with Gasteiger partial charge in [0.25, 0.3) is 0 Å². The van der Waals surface area contributed by atoms with E-state index in [2.05, 4.69) is 10.6 Å². The van der Waals surface area contributed by atoms with Crippen molar-refractivity contribution < 1.29 is 4.79 Å². The third-order valence-corrected chi connectivity index (χ3v) is 4.51. The van der Waals surface area contributed by atoms with Crippen LogP contribution in [0, 0.1) is 0 Å². The van der Waals surface area contributed by atoms with E-state index in [1.165, 1.54) is 17.8 Å². The first-order chi connectivity index (χ1) is 8.16. The Morgan fingerprint density at radius 2 is 2.44 bits per heavy atom. The molecule has 18 heavy (non-hydrogen) atoms. The summed E-state index contributed by atoms with van der Waals surface area (Å²) in [5.74, 6) is -0.0360. The van der Waals surface area contributed by atoms with Gasteiger partial charge in [-0.25, -0.2) is 0 Å². The Balaban J connectivity index is 0.00000162. The summed E-state index contributed by atoms with van der Waals surface area (Å²) in [7, 11) is 0. The molecule has 2 heterocycles. The third-order valence-electron chi connectivity index (χ3n) is 3.10. The number of carbonyl (C=O) groups excluding carboxylic acids is 1. The van der Waals surface area contributed by atoms with Gasteiger partial charge >= 0.3 is 0 Å². The molecule has 1 aromatic heterocycles. The van der Waals surface area contributed by atoms with Crippen LogP contribution in [-0.4, -0.2) is 25.0 Å². The van der Waals surface area contributed by atoms with Crippen LogP contribution < -0.4 is 10.6 Å². The molecule has 0 saturated carbocycles. The largest absolute Gasteiger partial charge is 0.354 e. The first kappa shape index (κ1) is 15.8. The van der Waals surface area contributed by atoms with Crippen LogP contribution in [0.1, 0.15) is 30.6 Å². The summed E-state index contributed by atoms with van der Waals surface area (Å²) >= 11 is 7.34. The number of hydrogen-bond acceptors (Lipinski definition) is 3. The van der Waals surface area contributed by atoms with Crippen molar-refractivity contribution in [3.63, 3.8) is 0 Å². The van der Waals surface area contributed by atoms with E-state index in [1.54, 1.807) is 0 Å². The highest BCUT2D eigenvalue weighted by Crippen LogP contribution is 2.28. The van der Waals surface area contributed by atoms with Crippen molar-refractivity contribution in [2.75, 3.05) is 13.1 Å². The lowest BCUT2D eigenvalue weighted by molar-refractivity contribution is -0.122. The van der Waals surface area contributed by atoms with Crippen LogP contribution >= 0.6 is 35.3 Å². The minimum atomic E-state index is -0.117. The topological polar surface area (TPSA) is 41.1 Å². The molecule has 0 aromatic carbocycles. The predicted molar refractivity (Wildman–Crippen MR) is 79.0 cm³/mol. The van der Waals surface area contributed by atoms with Gasteiger partial charge in [0.05, 0.1) is 10.3 Å². The number of carbonyl (C=O) groups is 1. The maximum Gasteiger partial charge on any atom is 0.228 e. The fraction of sp³-hybridized carbons (Fsp3) is 0.583. The Labute approximate surface area is 123 Å². The Morgan fingerprint density at radius 1 is 1.67 bits per heavy atom. The Hall–Kier alpha value is -0.290. The minimum Gasteiger partial charge on any atom is -0.354 e. The zero-order valence-corrected chi connectivity index (χ0v) is 12.6. The molecular formula is C12H18Cl2N2OS. The van der Waals surface area contributed by atoms with Crippen LogP contribution in [0.4, 0.5) is 0 Å². The summed E-state index contributed by atoms with van der Waals surface area (Å²) in [6.45, 7) is 3.71. The zero-order chi connectivity index (χ0) is 12.3. The maximum absolute atomic E-state index is 11.9. The zero-order valence-electron chi connectivity index (χ0n) is 10.2. The van der Waals surface area contributed by atoms with Crippen LogP contribution in [-0.2, 0) is 4.79 Å². The van der Waals surface area contributed by atoms with Crippen molar-refractivity contribution >= 4 is 41.3 Å². The molecular weight excluding hydrogens is 291 g/mol. The second kappa shape index (κ2) is 7.34. The number of rotatable bonds is 4. The van der Waals surface area contributed by atoms with Crippen molar-refractivity contribution in [3.05, 3.63) is 21.3 Å². The van der Waals surface area contributed by atoms with E-state index in [9.17, 15) is 4.79 Å². The van der Waals surface area contributed by atoms with E-state index in [0.29, 0.717) is 6.04 Å². The molecule has 0 aliphatic carbocycles. The van der Waals surface area contributed by atoms with Gasteiger partial charge in [-0.2, -0.15) is 0 Å². The number of halogens is 2. The highest BCUT2D eigenvalue weighted by Gasteiger charge is 2.19. The van der Waals surface area contributed by atoms with E-state index in [4.69, 9.17) is 11.6 Å². The maximum atomic E-state index is 11.9. The molecule has 2 N–H and O–H groups in total. The van der Waals surface area contributed by atoms with Crippen molar-refractivity contribution in [3.8, 4) is 0 Å². The Kier molecular flexibility index (Phi) is 6.43. The fourth-order valence-corrected chi connectivity index (χ4v) is 3.11. The van der Waals surface area contributed by atoms with Gasteiger partial charge in [0.2, 0.25) is 5.91 Å². The molecule has 1 amide bonds. The first-order valence-electron chi connectivity index (χ1n) is 5.93. The second-order valence-electron chi connectivity index (χ2n) is 4.40. The van der Waals surface area contributed by atoms with Gasteiger partial charge in [-0.05, 0) is 38.4 Å². The predicted octanol–water partition coefficient (Wildman–Crippen LogP) is 2.80. The quantitative estimate of drug-likeness (QED) is 0.898. The van der Waals surface area contributed by atoms with Crippen LogP contribution in [0.5, 0.6) is 0 Å². The number of thiophene rings is 1. The molecule has 102 valence electrons. The molecule has 1 aliphatic rings. The minimum absolute atomic E-state index is 0. The van der Waals surface area contributed by atoms with E-state index in [1.807, 2.05) is 19.1 Å². The molecule has 0 bridgehead atoms. The molecule has 2 unspecified atom stereocenters. The van der Waals surface area contributed by atoms with E-state index in [0.717, 1.165) is 28.7 Å². The van der Waals surface area contributed by atoms with E-state index >= 15 is 0 Å². The fourth-order valence-electron chi connectivity index (χ4n) is 2.00. The van der Waals surface area contributed by atoms with Crippen LogP contribution in [0.15, 0.2) is 12.1 Å². The summed E-state index contributed by atoms with van der Waals surface area (Å²) in [6.07, 6.45) is 2.36. The van der Waals surface area contributed by atoms with Crippen molar-refractivity contribution in [2.24, 2.45) is 0 Å². The third kappa shape index (κ3) is 4.12. The molecule has 6 heteroatoms. The SMILES string of the molecule is CC(C(=O)NCC1CCCN1)c1ccc(Cl)s1.Cl. The summed E-state index contributed by atoms with van der Waals surface area (Å²) in [5, 5.41) is 6.36. The lowest BCUT2D eigenvalue weighted by atomic mass is 10.1. The lowest BCUT2D eigenvalue weighted by Gasteiger charge is -2.14. The summed E-state index contributed by atoms with van der Waals surface area (Å²) in [6, 6.07) is 4.20. The molecule has 2 atom stereocenters. The molecule has 1 aromatic rings. The van der Waals surface area contributed by atoms with E-state index in [-0.39, 0.29) is 24.2 Å². The highest BCUT2D eigenvalue weighted by molar-refractivity contribution is 7.16. The van der Waals surface area contributed by atoms with Gasteiger partial charge in [0, 0.05) is 17.5 Å². The summed E-state index contributed by atoms with van der Waals surface area (Å²) in [4.78, 5) is 13.0. The molecule has 3 nitrogen and oxygen atoms in total. The lowest BCUT2D eigenvalue weighted by Crippen LogP contribution is -2.38. The van der Waals surface area contributed by atoms with E-state index < -0.39 is 0 Å². The number of amides is 1. The average molecular weight is 309 g/mol. The van der Waals surface area contributed by atoms with Gasteiger partial charge in [0.15, 0.2) is 0 Å². The van der Waals surface area contributed by atoms with Crippen LogP contribution in [0.25, 0.3) is 0 Å². The molecule has 0 spiro atoms. The van der Waals surface area contributed by atoms with Crippen molar-refractivity contribution in [1.29, 1.82) is 0 Å². The summed E-state index contributed by atoms with van der Waals surface area (Å²) < 4.78 is 0.733. The Morgan fingerprint density at radius 3 is 3.00 bits per heavy atom. The van der Waals surface area contributed by atoms with Gasteiger partial charge in [-0.1, -0.05) is 11.6 Å². The standard InChI is InChI=1S/C12H17ClN2OS.ClH/c1-8(10-4-5-11(13)17-10)12(16)15-7-9-3-2-6-14-9;/h4-5,8-9,14H,2-3,6-7H2,1H3,(H,15,16);1H. The first-order valence-corrected chi connectivity index (χ1v) is 7.12. The van der Waals surface area contributed by atoms with Gasteiger partial charge < -0.3 is 10.6 Å². The number of nitrogens with one attached hydrogen (secondary N) is 2. The van der Waals surface area contributed by atoms with Crippen LogP contribution in [0.2, 0.25) is 4.34 Å². The van der Waals surface area contributed by atoms with Gasteiger partial charge in [-0.3, -0.25) is 4.79 Å². The monoisotopic (exact) mass is 308 g/mol. The van der Waals surface area contributed by atoms with Gasteiger partial charge in [-0.15, -0.1) is 23.7 Å². The van der Waals surface area contributed by atoms with Gasteiger partial charge in [0.1, 0.15) is 0 Å². The summed E-state index contributed by atoms with van der Waals surface area (Å²) in [5.41, 5.74) is 0. The van der Waals surface area contributed by atoms with Crippen LogP contribution in [0.3, 0.4) is 0 Å². The van der Waals surface area contributed by atoms with Crippen molar-refractivity contribution in [2.45, 2.75) is 31.7 Å². The molecule has 0 radical (unpaired) electrons. The van der Waals surface area contributed by atoms with Crippen molar-refractivity contribution in [1.82, 2.24) is 10.6 Å². The number of hydrogen-bond donors (Lipinski definition) is 2. The Bertz CT molecular complexity index is 391. The second-order valence-corrected chi connectivity index (χ2v) is 6.15. The molecule has 1 saturated heterocycles. The molecule has 1 aliphatic heterocycles. The molecule has 2 rings (SSSR count). The average Bonchev–Trinajstić information content (AvgIpc) is 2.95. The normalized spacial score (nSPS) is 20.2. The highest BCUT2D eigenvalue weighted by atomic mass is 35.5. The smallest absolute Gasteiger partial charge is 0.228 e. The molecule has 1 fully saturated rings.